The Labute approximate surface area is 342 Å². The maximum Gasteiger partial charge on any atom is 0.343 e. The van der Waals surface area contributed by atoms with E-state index < -0.39 is 48.6 Å². The van der Waals surface area contributed by atoms with Gasteiger partial charge in [-0.1, -0.05) is 60.7 Å². The molecule has 3 aliphatic heterocycles. The molecule has 0 fully saturated rings. The third-order valence-corrected chi connectivity index (χ3v) is 13.0. The Hall–Kier alpha value is -7.95. The summed E-state index contributed by atoms with van der Waals surface area (Å²) in [5.74, 6) is -2.37. The van der Waals surface area contributed by atoms with Crippen LogP contribution in [0.3, 0.4) is 0 Å². The highest BCUT2D eigenvalue weighted by atomic mass is 31.2. The van der Waals surface area contributed by atoms with Crippen molar-refractivity contribution in [2.75, 3.05) is 9.80 Å². The van der Waals surface area contributed by atoms with E-state index >= 15 is 4.57 Å². The Morgan fingerprint density at radius 2 is 0.883 bits per heavy atom. The number of amides is 4. The van der Waals surface area contributed by atoms with Crippen LogP contribution in [-0.2, 0) is 23.7 Å². The number of imide groups is 2. The molecule has 6 aromatic carbocycles. The normalized spacial score (nSPS) is 16.5. The molecule has 3 heterocycles. The summed E-state index contributed by atoms with van der Waals surface area (Å²) in [6.45, 7) is 0. The topological polar surface area (TPSA) is 154 Å². The zero-order valence-electron chi connectivity index (χ0n) is 31.2. The molecule has 0 aromatic heterocycles. The molecule has 6 aromatic rings. The molecule has 0 spiro atoms. The average molecular weight is 813 g/mol. The van der Waals surface area contributed by atoms with Gasteiger partial charge in [-0.3, -0.25) is 23.7 Å². The van der Waals surface area contributed by atoms with Crippen LogP contribution < -0.4 is 29.1 Å². The van der Waals surface area contributed by atoms with Crippen molar-refractivity contribution in [2.24, 2.45) is 0 Å². The number of carbonyl (C=O) groups excluding carboxylic acids is 6. The Morgan fingerprint density at radius 1 is 0.483 bits per heavy atom. The molecule has 1 atom stereocenters. The van der Waals surface area contributed by atoms with Crippen LogP contribution in [0.15, 0.2) is 170 Å². The molecule has 0 bridgehead atoms. The number of nitrogens with zero attached hydrogens (tertiary/aromatic N) is 2. The van der Waals surface area contributed by atoms with Gasteiger partial charge in [0.1, 0.15) is 22.9 Å². The second-order valence-electron chi connectivity index (χ2n) is 13.8. The summed E-state index contributed by atoms with van der Waals surface area (Å²) in [6, 6.07) is 39.7. The smallest absolute Gasteiger partial charge is 0.343 e. The molecule has 0 radical (unpaired) electrons. The lowest BCUT2D eigenvalue weighted by atomic mass is 10.0. The van der Waals surface area contributed by atoms with Gasteiger partial charge in [-0.05, 0) is 102 Å². The molecule has 0 aliphatic carbocycles. The van der Waals surface area contributed by atoms with Gasteiger partial charge in [0, 0.05) is 29.9 Å². The number of anilines is 2. The number of fused-ring (bicyclic) bond motifs is 3. The van der Waals surface area contributed by atoms with Crippen LogP contribution in [0.5, 0.6) is 17.2 Å². The number of hydrogen-bond donors (Lipinski definition) is 0. The van der Waals surface area contributed by atoms with Crippen molar-refractivity contribution in [1.82, 2.24) is 0 Å². The first-order valence-electron chi connectivity index (χ1n) is 18.5. The van der Waals surface area contributed by atoms with E-state index in [0.717, 1.165) is 20.9 Å². The Bertz CT molecular complexity index is 2710. The second kappa shape index (κ2) is 15.1. The summed E-state index contributed by atoms with van der Waals surface area (Å²) < 4.78 is 33.5. The van der Waals surface area contributed by atoms with Gasteiger partial charge in [-0.25, -0.2) is 19.4 Å². The van der Waals surface area contributed by atoms with Gasteiger partial charge in [-0.15, -0.1) is 0 Å². The molecule has 0 N–H and O–H groups in total. The highest BCUT2D eigenvalue weighted by Crippen LogP contribution is 2.65. The summed E-state index contributed by atoms with van der Waals surface area (Å²) >= 11 is 0. The molecule has 13 heteroatoms. The lowest BCUT2D eigenvalue weighted by Crippen LogP contribution is -2.29. The molecule has 292 valence electrons. The van der Waals surface area contributed by atoms with Crippen LogP contribution >= 0.6 is 7.37 Å². The molecule has 1 unspecified atom stereocenters. The van der Waals surface area contributed by atoms with Crippen molar-refractivity contribution in [3.63, 3.8) is 0 Å². The van der Waals surface area contributed by atoms with Crippen molar-refractivity contribution in [3.8, 4) is 28.4 Å². The molecule has 3 aliphatic rings. The lowest BCUT2D eigenvalue weighted by Gasteiger charge is -2.34. The quantitative estimate of drug-likeness (QED) is 0.0613. The fourth-order valence-electron chi connectivity index (χ4n) is 7.28. The van der Waals surface area contributed by atoms with Crippen LogP contribution in [0, 0.1) is 0 Å². The van der Waals surface area contributed by atoms with Crippen LogP contribution in [0.25, 0.3) is 11.1 Å². The summed E-state index contributed by atoms with van der Waals surface area (Å²) in [5, 5.41) is 0.521. The number of carbonyl (C=O) groups is 6. The number of para-hydroxylation sites is 1. The number of benzene rings is 6. The summed E-state index contributed by atoms with van der Waals surface area (Å²) in [6.07, 6.45) is 4.70. The molecular weight excluding hydrogens is 783 g/mol. The van der Waals surface area contributed by atoms with Crippen LogP contribution in [0.4, 0.5) is 11.4 Å². The lowest BCUT2D eigenvalue weighted by molar-refractivity contribution is -0.121. The van der Waals surface area contributed by atoms with E-state index in [4.69, 9.17) is 14.0 Å². The molecule has 4 amide bonds. The molecule has 0 saturated carbocycles. The van der Waals surface area contributed by atoms with E-state index in [9.17, 15) is 28.8 Å². The van der Waals surface area contributed by atoms with Gasteiger partial charge >= 0.3 is 11.9 Å². The second-order valence-corrected chi connectivity index (χ2v) is 16.2. The first-order valence-corrected chi connectivity index (χ1v) is 20.2. The van der Waals surface area contributed by atoms with E-state index in [1.54, 1.807) is 66.7 Å². The highest BCUT2D eigenvalue weighted by molar-refractivity contribution is 7.68. The molecule has 60 heavy (non-hydrogen) atoms. The van der Waals surface area contributed by atoms with Gasteiger partial charge in [0.15, 0.2) is 0 Å². The molecule has 12 nitrogen and oxygen atoms in total. The SMILES string of the molecule is O=C(Oc1ccc(C(c2ccc(OC(=O)c3ccc(N4C(=O)C=CC4=O)cc3)cc2)P2(=O)Oc3ccccc3-c3ccccc32)cc1)c1ccc(N2C(=O)C=CC2=O)cc1. The Morgan fingerprint density at radius 3 is 1.33 bits per heavy atom. The van der Waals surface area contributed by atoms with E-state index in [1.807, 2.05) is 30.3 Å². The van der Waals surface area contributed by atoms with Gasteiger partial charge in [0.2, 0.25) is 0 Å². The van der Waals surface area contributed by atoms with Crippen molar-refractivity contribution in [3.05, 3.63) is 192 Å². The monoisotopic (exact) mass is 812 g/mol. The molecule has 9 rings (SSSR count). The van der Waals surface area contributed by atoms with Crippen molar-refractivity contribution < 1.29 is 47.3 Å². The fraction of sp³-hybridized carbons (Fsp3) is 0.0213. The highest BCUT2D eigenvalue weighted by Gasteiger charge is 2.44. The minimum Gasteiger partial charge on any atom is -0.439 e. The third-order valence-electron chi connectivity index (χ3n) is 10.1. The van der Waals surface area contributed by atoms with Crippen LogP contribution in [0.2, 0.25) is 0 Å². The number of esters is 2. The number of hydrogen-bond acceptors (Lipinski definition) is 10. The first kappa shape index (κ1) is 37.6. The molecular formula is C47H29N2O10P. The summed E-state index contributed by atoms with van der Waals surface area (Å²) in [5.41, 5.74) is 2.87. The van der Waals surface area contributed by atoms with E-state index in [0.29, 0.717) is 33.6 Å². The maximum atomic E-state index is 15.6. The standard InChI is InChI=1S/C47H29N2O10P/c50-41-25-26-42(51)48(41)33-17-9-31(10-18-33)46(54)57-35-21-13-29(14-22-35)45(60(56)40-8-4-2-6-38(40)37-5-1-3-7-39(37)59-60)30-15-23-36(24-16-30)58-47(55)32-11-19-34(20-12-32)49-43(52)27-28-44(49)53/h1-28,45H. The Balaban J connectivity index is 0.992. The predicted molar refractivity (Wildman–Crippen MR) is 221 cm³/mol. The predicted octanol–water partition coefficient (Wildman–Crippen LogP) is 7.74. The van der Waals surface area contributed by atoms with E-state index in [1.165, 1.54) is 72.8 Å². The number of ether oxygens (including phenoxy) is 2. The van der Waals surface area contributed by atoms with E-state index in [-0.39, 0.29) is 22.6 Å². The maximum absolute atomic E-state index is 15.6. The first-order chi connectivity index (χ1) is 29.1. The summed E-state index contributed by atoms with van der Waals surface area (Å²) in [4.78, 5) is 76.6. The average Bonchev–Trinajstić information content (AvgIpc) is 3.79. The minimum atomic E-state index is -3.84. The minimum absolute atomic E-state index is 0.188. The van der Waals surface area contributed by atoms with Gasteiger partial charge < -0.3 is 14.0 Å². The van der Waals surface area contributed by atoms with Crippen LogP contribution in [0.1, 0.15) is 37.5 Å². The largest absolute Gasteiger partial charge is 0.439 e. The fourth-order valence-corrected chi connectivity index (χ4v) is 10.2. The zero-order valence-corrected chi connectivity index (χ0v) is 32.1. The molecule has 0 saturated heterocycles. The van der Waals surface area contributed by atoms with Gasteiger partial charge in [0.05, 0.1) is 27.8 Å². The Kier molecular flexibility index (Phi) is 9.46. The van der Waals surface area contributed by atoms with Gasteiger partial charge in [0.25, 0.3) is 31.0 Å². The van der Waals surface area contributed by atoms with Crippen LogP contribution in [-0.4, -0.2) is 35.6 Å². The van der Waals surface area contributed by atoms with Crippen molar-refractivity contribution in [2.45, 2.75) is 5.66 Å². The van der Waals surface area contributed by atoms with Gasteiger partial charge in [-0.2, -0.15) is 0 Å². The summed E-state index contributed by atoms with van der Waals surface area (Å²) in [7, 11) is -3.84. The van der Waals surface area contributed by atoms with Crippen molar-refractivity contribution >= 4 is 59.6 Å². The number of rotatable bonds is 9. The van der Waals surface area contributed by atoms with E-state index in [2.05, 4.69) is 0 Å². The van der Waals surface area contributed by atoms with Crippen molar-refractivity contribution in [1.29, 1.82) is 0 Å². The zero-order chi connectivity index (χ0) is 41.5. The third kappa shape index (κ3) is 6.80.